The minimum Gasteiger partial charge on any atom is -0.373 e. The fraction of sp³-hybridized carbons (Fsp3) is 0.500. The molecule has 0 bridgehead atoms. The number of pyridine rings is 1. The maximum atomic E-state index is 8.53. The minimum atomic E-state index is 0.206. The molecule has 1 heterocycles. The van der Waals surface area contributed by atoms with Crippen LogP contribution in [0, 0.1) is 11.3 Å². The Morgan fingerprint density at radius 1 is 1.40 bits per heavy atom. The average Bonchev–Trinajstić information content (AvgIpc) is 2.30. The molecule has 0 saturated heterocycles. The second kappa shape index (κ2) is 7.95. The summed E-state index contributed by atoms with van der Waals surface area (Å²) in [5.41, 5.74) is 1.43. The minimum absolute atomic E-state index is 0.206. The monoisotopic (exact) mass is 206 g/mol. The highest BCUT2D eigenvalue weighted by molar-refractivity contribution is 5.26. The van der Waals surface area contributed by atoms with E-state index in [9.17, 15) is 0 Å². The topological polar surface area (TPSA) is 45.9 Å². The smallest absolute Gasteiger partial charge is 0.101 e. The number of hydrogen-bond donors (Lipinski definition) is 0. The Hall–Kier alpha value is -1.40. The Labute approximate surface area is 91.7 Å². The van der Waals surface area contributed by atoms with Gasteiger partial charge in [0, 0.05) is 6.20 Å². The standard InChI is InChI=1S/C10H12N2O.C2H6/c1-8(2)13-7-10-4-3-9(5-11)6-12-10;1-2/h3-4,6,8H,7H2,1-2H3;1-2H3. The molecule has 0 atom stereocenters. The van der Waals surface area contributed by atoms with Gasteiger partial charge in [0.2, 0.25) is 0 Å². The Kier molecular flexibility index (Phi) is 7.21. The van der Waals surface area contributed by atoms with Crippen LogP contribution in [0.4, 0.5) is 0 Å². The summed E-state index contributed by atoms with van der Waals surface area (Å²) < 4.78 is 5.36. The lowest BCUT2D eigenvalue weighted by Crippen LogP contribution is -2.03. The van der Waals surface area contributed by atoms with Gasteiger partial charge in [-0.3, -0.25) is 4.98 Å². The fourth-order valence-electron chi connectivity index (χ4n) is 0.828. The average molecular weight is 206 g/mol. The summed E-state index contributed by atoms with van der Waals surface area (Å²) in [6.07, 6.45) is 1.76. The second-order valence-corrected chi connectivity index (χ2v) is 3.01. The molecule has 0 aliphatic rings. The van der Waals surface area contributed by atoms with Gasteiger partial charge in [0.1, 0.15) is 6.07 Å². The molecule has 0 amide bonds. The third-order valence-corrected chi connectivity index (χ3v) is 1.52. The maximum absolute atomic E-state index is 8.53. The lowest BCUT2D eigenvalue weighted by atomic mass is 10.3. The van der Waals surface area contributed by atoms with Gasteiger partial charge in [0.05, 0.1) is 24.0 Å². The molecule has 3 nitrogen and oxygen atoms in total. The molecule has 1 aromatic heterocycles. The van der Waals surface area contributed by atoms with Gasteiger partial charge in [-0.15, -0.1) is 0 Å². The largest absolute Gasteiger partial charge is 0.373 e. The van der Waals surface area contributed by atoms with Crippen LogP contribution in [-0.4, -0.2) is 11.1 Å². The van der Waals surface area contributed by atoms with Crippen LogP contribution in [0.3, 0.4) is 0 Å². The highest BCUT2D eigenvalue weighted by Gasteiger charge is 1.97. The number of nitrogens with zero attached hydrogens (tertiary/aromatic N) is 2. The van der Waals surface area contributed by atoms with E-state index in [2.05, 4.69) is 4.98 Å². The van der Waals surface area contributed by atoms with Crippen molar-refractivity contribution in [3.63, 3.8) is 0 Å². The first-order valence-corrected chi connectivity index (χ1v) is 5.19. The molecule has 0 aliphatic heterocycles. The molecule has 0 aliphatic carbocycles. The summed E-state index contributed by atoms with van der Waals surface area (Å²) in [5, 5.41) is 8.53. The molecule has 82 valence electrons. The first kappa shape index (κ1) is 13.6. The van der Waals surface area contributed by atoms with E-state index < -0.39 is 0 Å². The van der Waals surface area contributed by atoms with E-state index >= 15 is 0 Å². The van der Waals surface area contributed by atoms with Crippen molar-refractivity contribution in [3.8, 4) is 6.07 Å². The van der Waals surface area contributed by atoms with Crippen LogP contribution >= 0.6 is 0 Å². The summed E-state index contributed by atoms with van der Waals surface area (Å²) in [5.74, 6) is 0. The van der Waals surface area contributed by atoms with Gasteiger partial charge in [-0.05, 0) is 26.0 Å². The number of aromatic nitrogens is 1. The summed E-state index contributed by atoms with van der Waals surface area (Å²) in [4.78, 5) is 4.07. The third kappa shape index (κ3) is 5.82. The Morgan fingerprint density at radius 3 is 2.47 bits per heavy atom. The number of ether oxygens (including phenoxy) is 1. The van der Waals surface area contributed by atoms with Crippen LogP contribution in [0.1, 0.15) is 39.0 Å². The van der Waals surface area contributed by atoms with Crippen molar-refractivity contribution < 1.29 is 4.74 Å². The van der Waals surface area contributed by atoms with Gasteiger partial charge in [0.15, 0.2) is 0 Å². The molecular weight excluding hydrogens is 188 g/mol. The zero-order valence-electron chi connectivity index (χ0n) is 9.82. The van der Waals surface area contributed by atoms with Crippen molar-refractivity contribution >= 4 is 0 Å². The van der Waals surface area contributed by atoms with Crippen molar-refractivity contribution in [1.82, 2.24) is 4.98 Å². The first-order chi connectivity index (χ1) is 7.22. The SMILES string of the molecule is CC.CC(C)OCc1ccc(C#N)cn1. The van der Waals surface area contributed by atoms with E-state index in [1.54, 1.807) is 18.3 Å². The van der Waals surface area contributed by atoms with E-state index in [0.717, 1.165) is 5.69 Å². The molecule has 0 N–H and O–H groups in total. The summed E-state index contributed by atoms with van der Waals surface area (Å²) in [7, 11) is 0. The van der Waals surface area contributed by atoms with Crippen LogP contribution in [0.15, 0.2) is 18.3 Å². The first-order valence-electron chi connectivity index (χ1n) is 5.19. The van der Waals surface area contributed by atoms with Gasteiger partial charge in [0.25, 0.3) is 0 Å². The lowest BCUT2D eigenvalue weighted by Gasteiger charge is -2.05. The summed E-state index contributed by atoms with van der Waals surface area (Å²) in [6.45, 7) is 8.46. The normalized spacial score (nSPS) is 9.07. The molecule has 0 spiro atoms. The van der Waals surface area contributed by atoms with Gasteiger partial charge < -0.3 is 4.74 Å². The Balaban J connectivity index is 0.000000921. The summed E-state index contributed by atoms with van der Waals surface area (Å²) in [6, 6.07) is 5.56. The zero-order valence-corrected chi connectivity index (χ0v) is 9.82. The number of rotatable bonds is 3. The van der Waals surface area contributed by atoms with Crippen LogP contribution in [0.2, 0.25) is 0 Å². The third-order valence-electron chi connectivity index (χ3n) is 1.52. The maximum Gasteiger partial charge on any atom is 0.101 e. The van der Waals surface area contributed by atoms with Crippen molar-refractivity contribution in [2.24, 2.45) is 0 Å². The molecular formula is C12H18N2O. The Morgan fingerprint density at radius 2 is 2.07 bits per heavy atom. The highest BCUT2D eigenvalue weighted by atomic mass is 16.5. The van der Waals surface area contributed by atoms with Crippen molar-refractivity contribution in [2.75, 3.05) is 0 Å². The van der Waals surface area contributed by atoms with Crippen molar-refractivity contribution in [3.05, 3.63) is 29.6 Å². The molecule has 0 fully saturated rings. The van der Waals surface area contributed by atoms with E-state index in [0.29, 0.717) is 12.2 Å². The van der Waals surface area contributed by atoms with Gasteiger partial charge >= 0.3 is 0 Å². The molecule has 1 rings (SSSR count). The predicted molar refractivity (Wildman–Crippen MR) is 60.2 cm³/mol. The molecule has 0 radical (unpaired) electrons. The number of nitriles is 1. The second-order valence-electron chi connectivity index (χ2n) is 3.01. The Bertz CT molecular complexity index is 298. The fourth-order valence-corrected chi connectivity index (χ4v) is 0.828. The predicted octanol–water partition coefficient (Wildman–Crippen LogP) is 2.90. The van der Waals surface area contributed by atoms with E-state index in [4.69, 9.17) is 10.00 Å². The molecule has 0 aromatic carbocycles. The molecule has 3 heteroatoms. The lowest BCUT2D eigenvalue weighted by molar-refractivity contribution is 0.0636. The highest BCUT2D eigenvalue weighted by Crippen LogP contribution is 2.01. The molecule has 0 unspecified atom stereocenters. The van der Waals surface area contributed by atoms with E-state index in [1.807, 2.05) is 33.8 Å². The van der Waals surface area contributed by atoms with Crippen molar-refractivity contribution in [1.29, 1.82) is 5.26 Å². The van der Waals surface area contributed by atoms with Crippen molar-refractivity contribution in [2.45, 2.75) is 40.4 Å². The van der Waals surface area contributed by atoms with Gasteiger partial charge in [-0.25, -0.2) is 0 Å². The van der Waals surface area contributed by atoms with Crippen LogP contribution < -0.4 is 0 Å². The molecule has 1 aromatic rings. The van der Waals surface area contributed by atoms with E-state index in [-0.39, 0.29) is 6.10 Å². The van der Waals surface area contributed by atoms with Crippen LogP contribution in [0.5, 0.6) is 0 Å². The summed E-state index contributed by atoms with van der Waals surface area (Å²) >= 11 is 0. The zero-order chi connectivity index (χ0) is 11.7. The molecule has 0 saturated carbocycles. The van der Waals surface area contributed by atoms with Gasteiger partial charge in [-0.1, -0.05) is 13.8 Å². The number of hydrogen-bond acceptors (Lipinski definition) is 3. The van der Waals surface area contributed by atoms with Crippen LogP contribution in [0.25, 0.3) is 0 Å². The quantitative estimate of drug-likeness (QED) is 0.763. The van der Waals surface area contributed by atoms with E-state index in [1.165, 1.54) is 0 Å². The molecule has 15 heavy (non-hydrogen) atoms. The van der Waals surface area contributed by atoms with Gasteiger partial charge in [-0.2, -0.15) is 5.26 Å². The van der Waals surface area contributed by atoms with Crippen LogP contribution in [-0.2, 0) is 11.3 Å².